The van der Waals surface area contributed by atoms with Crippen molar-refractivity contribution in [3.63, 3.8) is 0 Å². The Kier molecular flexibility index (Phi) is 7.11. The van der Waals surface area contributed by atoms with Gasteiger partial charge in [-0.3, -0.25) is 4.79 Å². The molecule has 1 aliphatic carbocycles. The molecule has 0 aromatic rings. The number of carbonyl (C=O) groups excluding carboxylic acids is 1. The van der Waals surface area contributed by atoms with Gasteiger partial charge in [-0.25, -0.2) is 12.7 Å². The van der Waals surface area contributed by atoms with Crippen LogP contribution in [0.25, 0.3) is 0 Å². The Morgan fingerprint density at radius 2 is 1.91 bits per heavy atom. The summed E-state index contributed by atoms with van der Waals surface area (Å²) in [5, 5.41) is 2.99. The maximum Gasteiger partial charge on any atom is 0.220 e. The van der Waals surface area contributed by atoms with Crippen molar-refractivity contribution < 1.29 is 13.2 Å². The van der Waals surface area contributed by atoms with Crippen LogP contribution in [-0.4, -0.2) is 49.6 Å². The fraction of sp³-hybridized carbons (Fsp3) is 0.929. The zero-order valence-electron chi connectivity index (χ0n) is 13.2. The number of rotatable bonds is 8. The number of nitrogens with two attached hydrogens (primary N) is 1. The molecule has 1 saturated heterocycles. The molecule has 1 saturated carbocycles. The van der Waals surface area contributed by atoms with Gasteiger partial charge in [-0.2, -0.15) is 0 Å². The highest BCUT2D eigenvalue weighted by Gasteiger charge is 2.41. The van der Waals surface area contributed by atoms with Gasteiger partial charge in [0.15, 0.2) is 0 Å². The van der Waals surface area contributed by atoms with Crippen LogP contribution in [0.2, 0.25) is 0 Å². The van der Waals surface area contributed by atoms with Crippen molar-refractivity contribution in [3.05, 3.63) is 0 Å². The van der Waals surface area contributed by atoms with Crippen LogP contribution in [0.5, 0.6) is 0 Å². The Labute approximate surface area is 139 Å². The minimum Gasteiger partial charge on any atom is -0.349 e. The molecule has 130 valence electrons. The molecule has 6 nitrogen and oxygen atoms in total. The zero-order chi connectivity index (χ0) is 15.5. The van der Waals surface area contributed by atoms with Crippen LogP contribution >= 0.6 is 12.4 Å². The monoisotopic (exact) mass is 353 g/mol. The van der Waals surface area contributed by atoms with E-state index in [1.807, 2.05) is 6.92 Å². The van der Waals surface area contributed by atoms with Gasteiger partial charge in [-0.05, 0) is 44.9 Å². The van der Waals surface area contributed by atoms with Gasteiger partial charge in [0.1, 0.15) is 0 Å². The third-order valence-electron chi connectivity index (χ3n) is 4.59. The number of nitrogens with one attached hydrogen (secondary N) is 1. The van der Waals surface area contributed by atoms with Crippen molar-refractivity contribution >= 4 is 28.3 Å². The maximum atomic E-state index is 12.0. The summed E-state index contributed by atoms with van der Waals surface area (Å²) in [7, 11) is -3.18. The summed E-state index contributed by atoms with van der Waals surface area (Å²) < 4.78 is 25.6. The highest BCUT2D eigenvalue weighted by Crippen LogP contribution is 2.39. The van der Waals surface area contributed by atoms with E-state index in [4.69, 9.17) is 5.73 Å². The summed E-state index contributed by atoms with van der Waals surface area (Å²) in [6, 6.07) is 0. The number of amides is 1. The summed E-state index contributed by atoms with van der Waals surface area (Å²) in [6.45, 7) is 3.65. The Bertz CT molecular complexity index is 476. The molecule has 0 aromatic carbocycles. The van der Waals surface area contributed by atoms with Crippen molar-refractivity contribution in [2.24, 2.45) is 11.7 Å². The van der Waals surface area contributed by atoms with Crippen LogP contribution in [0.15, 0.2) is 0 Å². The molecule has 1 heterocycles. The minimum atomic E-state index is -3.18. The Hall–Kier alpha value is -0.370. The number of halogens is 1. The quantitative estimate of drug-likeness (QED) is 0.676. The summed E-state index contributed by atoms with van der Waals surface area (Å²) in [6.07, 6.45) is 4.71. The van der Waals surface area contributed by atoms with Crippen LogP contribution in [0.3, 0.4) is 0 Å². The van der Waals surface area contributed by atoms with Crippen molar-refractivity contribution in [3.8, 4) is 0 Å². The second-order valence-electron chi connectivity index (χ2n) is 6.47. The predicted octanol–water partition coefficient (Wildman–Crippen LogP) is 0.858. The normalized spacial score (nSPS) is 21.9. The van der Waals surface area contributed by atoms with Gasteiger partial charge >= 0.3 is 0 Å². The van der Waals surface area contributed by atoms with Crippen LogP contribution < -0.4 is 11.1 Å². The Morgan fingerprint density at radius 3 is 2.41 bits per heavy atom. The molecule has 0 bridgehead atoms. The van der Waals surface area contributed by atoms with Crippen molar-refractivity contribution in [1.82, 2.24) is 9.62 Å². The minimum absolute atomic E-state index is 0. The first kappa shape index (κ1) is 19.7. The van der Waals surface area contributed by atoms with E-state index in [0.29, 0.717) is 32.0 Å². The Balaban J connectivity index is 0.00000242. The van der Waals surface area contributed by atoms with Crippen molar-refractivity contribution in [1.29, 1.82) is 0 Å². The van der Waals surface area contributed by atoms with E-state index >= 15 is 0 Å². The first-order chi connectivity index (χ1) is 9.87. The first-order valence-electron chi connectivity index (χ1n) is 7.86. The molecule has 0 radical (unpaired) electrons. The molecule has 1 unspecified atom stereocenters. The molecule has 0 spiro atoms. The Morgan fingerprint density at radius 1 is 1.32 bits per heavy atom. The standard InChI is InChI=1S/C14H27N3O3S.ClH/c1-14(11-15,12-6-7-12)16-13(18)5-4-10-21(19,20)17-8-2-3-9-17;/h12H,2-11,15H2,1H3,(H,16,18);1H. The van der Waals surface area contributed by atoms with E-state index in [9.17, 15) is 13.2 Å². The SMILES string of the molecule is CC(CN)(NC(=O)CCCS(=O)(=O)N1CCCC1)C1CC1.Cl. The third-order valence-corrected chi connectivity index (χ3v) is 6.55. The smallest absolute Gasteiger partial charge is 0.220 e. The summed E-state index contributed by atoms with van der Waals surface area (Å²) in [5.74, 6) is 0.440. The molecule has 22 heavy (non-hydrogen) atoms. The van der Waals surface area contributed by atoms with Crippen molar-refractivity contribution in [2.75, 3.05) is 25.4 Å². The first-order valence-corrected chi connectivity index (χ1v) is 9.47. The molecular weight excluding hydrogens is 326 g/mol. The molecular formula is C14H28ClN3O3S. The lowest BCUT2D eigenvalue weighted by molar-refractivity contribution is -0.123. The molecule has 8 heteroatoms. The second-order valence-corrected chi connectivity index (χ2v) is 8.56. The van der Waals surface area contributed by atoms with E-state index in [2.05, 4.69) is 5.32 Å². The number of hydrogen-bond acceptors (Lipinski definition) is 4. The fourth-order valence-corrected chi connectivity index (χ4v) is 4.51. The molecule has 3 N–H and O–H groups in total. The van der Waals surface area contributed by atoms with Crippen LogP contribution in [0.4, 0.5) is 0 Å². The van der Waals surface area contributed by atoms with Crippen molar-refractivity contribution in [2.45, 2.75) is 51.0 Å². The molecule has 2 rings (SSSR count). The number of nitrogens with zero attached hydrogens (tertiary/aromatic N) is 1. The second kappa shape index (κ2) is 7.95. The molecule has 2 aliphatic rings. The molecule has 0 aromatic heterocycles. The molecule has 1 aliphatic heterocycles. The van der Waals surface area contributed by atoms with E-state index in [1.165, 1.54) is 0 Å². The highest BCUT2D eigenvalue weighted by atomic mass is 35.5. The fourth-order valence-electron chi connectivity index (χ4n) is 2.93. The lowest BCUT2D eigenvalue weighted by Crippen LogP contribution is -2.53. The van der Waals surface area contributed by atoms with E-state index < -0.39 is 10.0 Å². The number of carbonyl (C=O) groups is 1. The van der Waals surface area contributed by atoms with Crippen LogP contribution in [-0.2, 0) is 14.8 Å². The van der Waals surface area contributed by atoms with Gasteiger partial charge in [-0.1, -0.05) is 0 Å². The zero-order valence-corrected chi connectivity index (χ0v) is 14.8. The van der Waals surface area contributed by atoms with Gasteiger partial charge < -0.3 is 11.1 Å². The van der Waals surface area contributed by atoms with Gasteiger partial charge in [-0.15, -0.1) is 12.4 Å². The van der Waals surface area contributed by atoms with Crippen LogP contribution in [0, 0.1) is 5.92 Å². The summed E-state index contributed by atoms with van der Waals surface area (Å²) >= 11 is 0. The maximum absolute atomic E-state index is 12.0. The highest BCUT2D eigenvalue weighted by molar-refractivity contribution is 7.89. The van der Waals surface area contributed by atoms with Crippen LogP contribution in [0.1, 0.15) is 45.4 Å². The summed E-state index contributed by atoms with van der Waals surface area (Å²) in [4.78, 5) is 12.0. The van der Waals surface area contributed by atoms with E-state index in [1.54, 1.807) is 4.31 Å². The largest absolute Gasteiger partial charge is 0.349 e. The number of hydrogen-bond donors (Lipinski definition) is 2. The summed E-state index contributed by atoms with van der Waals surface area (Å²) in [5.41, 5.74) is 5.43. The molecule has 2 fully saturated rings. The lowest BCUT2D eigenvalue weighted by Gasteiger charge is -2.29. The van der Waals surface area contributed by atoms with E-state index in [-0.39, 0.29) is 36.0 Å². The topological polar surface area (TPSA) is 92.5 Å². The average Bonchev–Trinajstić information content (AvgIpc) is 3.13. The predicted molar refractivity (Wildman–Crippen MR) is 89.4 cm³/mol. The third kappa shape index (κ3) is 5.08. The molecule has 1 atom stereocenters. The van der Waals surface area contributed by atoms with Gasteiger partial charge in [0, 0.05) is 26.1 Å². The van der Waals surface area contributed by atoms with E-state index in [0.717, 1.165) is 25.7 Å². The van der Waals surface area contributed by atoms with Gasteiger partial charge in [0.2, 0.25) is 15.9 Å². The van der Waals surface area contributed by atoms with Gasteiger partial charge in [0.25, 0.3) is 0 Å². The number of sulfonamides is 1. The lowest BCUT2D eigenvalue weighted by atomic mass is 9.95. The average molecular weight is 354 g/mol. The van der Waals surface area contributed by atoms with Gasteiger partial charge in [0.05, 0.1) is 11.3 Å². The molecule has 1 amide bonds.